The number of hydrogen-bond donors (Lipinski definition) is 1. The first-order valence-corrected chi connectivity index (χ1v) is 7.63. The van der Waals surface area contributed by atoms with Gasteiger partial charge in [0.05, 0.1) is 11.1 Å². The Labute approximate surface area is 118 Å². The molecule has 1 heterocycles. The number of halogens is 1. The van der Waals surface area contributed by atoms with Crippen molar-refractivity contribution >= 4 is 15.9 Å². The van der Waals surface area contributed by atoms with E-state index >= 15 is 0 Å². The summed E-state index contributed by atoms with van der Waals surface area (Å²) in [6, 6.07) is 6.46. The molecular weight excluding hydrogens is 290 g/mol. The van der Waals surface area contributed by atoms with Crippen LogP contribution >= 0.6 is 15.9 Å². The summed E-state index contributed by atoms with van der Waals surface area (Å²) in [5, 5.41) is 3.36. The molecule has 1 aromatic rings. The maximum Gasteiger partial charge on any atom is 0.133 e. The first-order chi connectivity index (χ1) is 8.70. The number of ether oxygens (including phenoxy) is 1. The molecule has 2 atom stereocenters. The third-order valence-corrected chi connectivity index (χ3v) is 4.39. The lowest BCUT2D eigenvalue weighted by Gasteiger charge is -2.15. The molecule has 0 aliphatic carbocycles. The van der Waals surface area contributed by atoms with Gasteiger partial charge in [0.1, 0.15) is 5.75 Å². The molecule has 0 spiro atoms. The van der Waals surface area contributed by atoms with Gasteiger partial charge >= 0.3 is 0 Å². The highest BCUT2D eigenvalue weighted by atomic mass is 79.9. The molecule has 0 saturated carbocycles. The van der Waals surface area contributed by atoms with Gasteiger partial charge in [0.25, 0.3) is 0 Å². The summed E-state index contributed by atoms with van der Waals surface area (Å²) < 4.78 is 6.98. The molecule has 0 unspecified atom stereocenters. The maximum atomic E-state index is 5.90. The molecule has 0 aromatic heterocycles. The third-order valence-electron chi connectivity index (χ3n) is 3.77. The molecule has 1 N–H and O–H groups in total. The molecule has 1 saturated heterocycles. The average molecular weight is 312 g/mol. The van der Waals surface area contributed by atoms with Gasteiger partial charge < -0.3 is 10.1 Å². The van der Waals surface area contributed by atoms with Crippen molar-refractivity contribution in [2.24, 2.45) is 5.92 Å². The molecule has 100 valence electrons. The molecule has 0 bridgehead atoms. The fraction of sp³-hybridized carbons (Fsp3) is 0.600. The Hall–Kier alpha value is -0.540. The summed E-state index contributed by atoms with van der Waals surface area (Å²) in [7, 11) is 0. The van der Waals surface area contributed by atoms with Crippen LogP contribution in [0.15, 0.2) is 22.7 Å². The van der Waals surface area contributed by atoms with E-state index in [1.165, 1.54) is 18.4 Å². The quantitative estimate of drug-likeness (QED) is 0.889. The highest BCUT2D eigenvalue weighted by Crippen LogP contribution is 2.30. The fourth-order valence-electron chi connectivity index (χ4n) is 2.24. The van der Waals surface area contributed by atoms with E-state index in [0.29, 0.717) is 11.8 Å². The van der Waals surface area contributed by atoms with Crippen molar-refractivity contribution in [3.05, 3.63) is 28.2 Å². The second-order valence-electron chi connectivity index (χ2n) is 5.17. The van der Waals surface area contributed by atoms with Gasteiger partial charge in [0.2, 0.25) is 0 Å². The van der Waals surface area contributed by atoms with Crippen LogP contribution < -0.4 is 10.1 Å². The number of hydrogen-bond acceptors (Lipinski definition) is 2. The van der Waals surface area contributed by atoms with Gasteiger partial charge in [0.15, 0.2) is 0 Å². The van der Waals surface area contributed by atoms with Crippen molar-refractivity contribution in [2.75, 3.05) is 19.7 Å². The van der Waals surface area contributed by atoms with E-state index in [-0.39, 0.29) is 0 Å². The van der Waals surface area contributed by atoms with Crippen LogP contribution in [0.3, 0.4) is 0 Å². The van der Waals surface area contributed by atoms with E-state index in [4.69, 9.17) is 4.74 Å². The first kappa shape index (κ1) is 13.9. The largest absolute Gasteiger partial charge is 0.492 e. The Bertz CT molecular complexity index is 388. The van der Waals surface area contributed by atoms with Crippen LogP contribution in [-0.2, 0) is 0 Å². The van der Waals surface area contributed by atoms with Crippen LogP contribution in [0.25, 0.3) is 0 Å². The van der Waals surface area contributed by atoms with Crippen molar-refractivity contribution < 1.29 is 4.74 Å². The minimum Gasteiger partial charge on any atom is -0.492 e. The second kappa shape index (κ2) is 6.58. The normalized spacial score (nSPS) is 20.9. The Morgan fingerprint density at radius 2 is 2.33 bits per heavy atom. The maximum absolute atomic E-state index is 5.90. The summed E-state index contributed by atoms with van der Waals surface area (Å²) in [5.41, 5.74) is 1.37. The Balaban J connectivity index is 1.96. The molecule has 2 rings (SSSR count). The molecule has 1 aliphatic heterocycles. The van der Waals surface area contributed by atoms with E-state index in [1.54, 1.807) is 0 Å². The predicted molar refractivity (Wildman–Crippen MR) is 79.3 cm³/mol. The zero-order chi connectivity index (χ0) is 13.0. The van der Waals surface area contributed by atoms with Crippen molar-refractivity contribution in [1.29, 1.82) is 0 Å². The third kappa shape index (κ3) is 3.48. The highest BCUT2D eigenvalue weighted by Gasteiger charge is 2.15. The Morgan fingerprint density at radius 1 is 1.50 bits per heavy atom. The lowest BCUT2D eigenvalue weighted by Crippen LogP contribution is -2.15. The minimum atomic E-state index is 0.606. The molecule has 0 amide bonds. The summed E-state index contributed by atoms with van der Waals surface area (Å²) >= 11 is 3.61. The zero-order valence-electron chi connectivity index (χ0n) is 11.2. The smallest absolute Gasteiger partial charge is 0.133 e. The molecular formula is C15H22BrNO. The average Bonchev–Trinajstić information content (AvgIpc) is 2.89. The topological polar surface area (TPSA) is 21.3 Å². The van der Waals surface area contributed by atoms with Gasteiger partial charge in [0, 0.05) is 12.5 Å². The summed E-state index contributed by atoms with van der Waals surface area (Å²) in [6.45, 7) is 7.50. The van der Waals surface area contributed by atoms with Gasteiger partial charge in [-0.15, -0.1) is 0 Å². The number of rotatable bonds is 5. The van der Waals surface area contributed by atoms with Gasteiger partial charge in [-0.2, -0.15) is 0 Å². The standard InChI is InChI=1S/C15H22BrNO/c1-3-11(2)13-4-5-15(14(16)8-13)18-10-12-6-7-17-9-12/h4-5,8,11-12,17H,3,6-7,9-10H2,1-2H3/t11-,12-/m0/s1. The summed E-state index contributed by atoms with van der Waals surface area (Å²) in [5.74, 6) is 2.23. The molecule has 3 heteroatoms. The molecule has 1 fully saturated rings. The Kier molecular flexibility index (Phi) is 5.07. The first-order valence-electron chi connectivity index (χ1n) is 6.83. The molecule has 18 heavy (non-hydrogen) atoms. The van der Waals surface area contributed by atoms with Crippen molar-refractivity contribution in [3.63, 3.8) is 0 Å². The van der Waals surface area contributed by atoms with Gasteiger partial charge in [-0.25, -0.2) is 0 Å². The second-order valence-corrected chi connectivity index (χ2v) is 6.02. The van der Waals surface area contributed by atoms with E-state index in [1.807, 2.05) is 0 Å². The molecule has 1 aliphatic rings. The lowest BCUT2D eigenvalue weighted by molar-refractivity contribution is 0.258. The predicted octanol–water partition coefficient (Wildman–Crippen LogP) is 3.95. The van der Waals surface area contributed by atoms with Crippen molar-refractivity contribution in [3.8, 4) is 5.75 Å². The SMILES string of the molecule is CC[C@H](C)c1ccc(OC[C@H]2CCNC2)c(Br)c1. The van der Waals surface area contributed by atoms with Gasteiger partial charge in [-0.1, -0.05) is 19.9 Å². The van der Waals surface area contributed by atoms with Crippen LogP contribution in [0.2, 0.25) is 0 Å². The van der Waals surface area contributed by atoms with Crippen molar-refractivity contribution in [2.45, 2.75) is 32.6 Å². The molecule has 1 aromatic carbocycles. The van der Waals surface area contributed by atoms with Crippen LogP contribution in [0.4, 0.5) is 0 Å². The molecule has 0 radical (unpaired) electrons. The lowest BCUT2D eigenvalue weighted by atomic mass is 9.99. The minimum absolute atomic E-state index is 0.606. The van der Waals surface area contributed by atoms with E-state index in [0.717, 1.165) is 29.9 Å². The highest BCUT2D eigenvalue weighted by molar-refractivity contribution is 9.10. The van der Waals surface area contributed by atoms with Crippen molar-refractivity contribution in [1.82, 2.24) is 5.32 Å². The van der Waals surface area contributed by atoms with Crippen LogP contribution in [0.5, 0.6) is 5.75 Å². The van der Waals surface area contributed by atoms with E-state index in [9.17, 15) is 0 Å². The van der Waals surface area contributed by atoms with E-state index in [2.05, 4.69) is 53.3 Å². The summed E-state index contributed by atoms with van der Waals surface area (Å²) in [4.78, 5) is 0. The van der Waals surface area contributed by atoms with E-state index < -0.39 is 0 Å². The van der Waals surface area contributed by atoms with Crippen LogP contribution in [0, 0.1) is 5.92 Å². The zero-order valence-corrected chi connectivity index (χ0v) is 12.8. The van der Waals surface area contributed by atoms with Gasteiger partial charge in [-0.3, -0.25) is 0 Å². The fourth-order valence-corrected chi connectivity index (χ4v) is 2.75. The number of benzene rings is 1. The number of nitrogens with one attached hydrogen (secondary N) is 1. The van der Waals surface area contributed by atoms with Crippen LogP contribution in [-0.4, -0.2) is 19.7 Å². The monoisotopic (exact) mass is 311 g/mol. The van der Waals surface area contributed by atoms with Crippen LogP contribution in [0.1, 0.15) is 38.2 Å². The van der Waals surface area contributed by atoms with Gasteiger partial charge in [-0.05, 0) is 58.9 Å². The molecule has 2 nitrogen and oxygen atoms in total. The summed E-state index contributed by atoms with van der Waals surface area (Å²) in [6.07, 6.45) is 2.39. The Morgan fingerprint density at radius 3 is 2.94 bits per heavy atom.